The van der Waals surface area contributed by atoms with Crippen LogP contribution in [-0.4, -0.2) is 39.1 Å². The van der Waals surface area contributed by atoms with Gasteiger partial charge in [0.05, 0.1) is 33.4 Å². The van der Waals surface area contributed by atoms with Crippen LogP contribution >= 0.6 is 0 Å². The minimum atomic E-state index is 0.308. The highest BCUT2D eigenvalue weighted by Gasteiger charge is 2.43. The summed E-state index contributed by atoms with van der Waals surface area (Å²) in [6, 6.07) is 8.48. The fourth-order valence-corrected chi connectivity index (χ4v) is 4.92. The zero-order valence-corrected chi connectivity index (χ0v) is 16.2. The number of benzene rings is 2. The number of nitrogens with zero attached hydrogens (tertiary/aromatic N) is 1. The summed E-state index contributed by atoms with van der Waals surface area (Å²) in [4.78, 5) is 0. The monoisotopic (exact) mass is 366 g/mol. The van der Waals surface area contributed by atoms with Crippen molar-refractivity contribution in [3.8, 4) is 23.0 Å². The third kappa shape index (κ3) is 2.21. The van der Waals surface area contributed by atoms with Crippen LogP contribution in [0, 0.1) is 0 Å². The van der Waals surface area contributed by atoms with Gasteiger partial charge in [-0.3, -0.25) is 4.48 Å². The molecule has 0 bridgehead atoms. The number of quaternary nitrogens is 1. The highest BCUT2D eigenvalue weighted by Crippen LogP contribution is 2.50. The van der Waals surface area contributed by atoms with Crippen LogP contribution in [0.15, 0.2) is 24.3 Å². The van der Waals surface area contributed by atoms with E-state index >= 15 is 0 Å². The van der Waals surface area contributed by atoms with E-state index in [0.29, 0.717) is 6.79 Å². The Morgan fingerprint density at radius 3 is 2.52 bits per heavy atom. The van der Waals surface area contributed by atoms with Crippen molar-refractivity contribution in [1.82, 2.24) is 0 Å². The molecule has 0 saturated heterocycles. The molecule has 3 heterocycles. The van der Waals surface area contributed by atoms with Gasteiger partial charge in [-0.1, -0.05) is 6.07 Å². The van der Waals surface area contributed by atoms with Crippen molar-refractivity contribution < 1.29 is 23.4 Å². The molecule has 5 rings (SSSR count). The number of allylic oxidation sites excluding steroid dienone is 1. The Labute approximate surface area is 159 Å². The van der Waals surface area contributed by atoms with E-state index in [-0.39, 0.29) is 0 Å². The van der Waals surface area contributed by atoms with Gasteiger partial charge in [-0.2, -0.15) is 0 Å². The van der Waals surface area contributed by atoms with E-state index in [9.17, 15) is 0 Å². The number of methoxy groups -OCH3 is 2. The molecule has 0 amide bonds. The molecule has 5 heteroatoms. The largest absolute Gasteiger partial charge is 0.493 e. The van der Waals surface area contributed by atoms with Crippen molar-refractivity contribution in [3.63, 3.8) is 0 Å². The third-order valence-corrected chi connectivity index (χ3v) is 6.18. The molecule has 140 valence electrons. The number of hydrogen-bond donors (Lipinski definition) is 0. The maximum Gasteiger partial charge on any atom is 0.231 e. The van der Waals surface area contributed by atoms with Gasteiger partial charge in [-0.25, -0.2) is 0 Å². The van der Waals surface area contributed by atoms with E-state index in [4.69, 9.17) is 18.9 Å². The summed E-state index contributed by atoms with van der Waals surface area (Å²) in [7, 11) is 5.73. The third-order valence-electron chi connectivity index (χ3n) is 6.18. The molecule has 1 unspecified atom stereocenters. The molecule has 0 radical (unpaired) electrons. The zero-order chi connectivity index (χ0) is 18.8. The molecule has 0 spiro atoms. The first-order chi connectivity index (χ1) is 13.1. The Balaban J connectivity index is 1.77. The average molecular weight is 366 g/mol. The molecule has 0 saturated carbocycles. The van der Waals surface area contributed by atoms with Gasteiger partial charge in [0.1, 0.15) is 12.2 Å². The Hall–Kier alpha value is -2.66. The minimum Gasteiger partial charge on any atom is -0.493 e. The summed E-state index contributed by atoms with van der Waals surface area (Å²) in [6.45, 7) is 4.45. The molecule has 0 N–H and O–H groups in total. The Kier molecular flexibility index (Phi) is 3.46. The second-order valence-corrected chi connectivity index (χ2v) is 7.69. The van der Waals surface area contributed by atoms with Crippen LogP contribution in [0.1, 0.15) is 29.2 Å². The van der Waals surface area contributed by atoms with E-state index in [0.717, 1.165) is 47.0 Å². The van der Waals surface area contributed by atoms with Crippen LogP contribution in [-0.2, 0) is 13.0 Å². The highest BCUT2D eigenvalue weighted by atomic mass is 16.7. The van der Waals surface area contributed by atoms with Crippen molar-refractivity contribution in [1.29, 1.82) is 0 Å². The van der Waals surface area contributed by atoms with Gasteiger partial charge < -0.3 is 18.9 Å². The molecule has 2 aromatic rings. The van der Waals surface area contributed by atoms with Crippen molar-refractivity contribution >= 4 is 11.3 Å². The number of rotatable bonds is 2. The van der Waals surface area contributed by atoms with Gasteiger partial charge in [-0.15, -0.1) is 0 Å². The van der Waals surface area contributed by atoms with E-state index in [1.165, 1.54) is 33.5 Å². The molecule has 0 aromatic heterocycles. The topological polar surface area (TPSA) is 36.9 Å². The Morgan fingerprint density at radius 2 is 1.78 bits per heavy atom. The van der Waals surface area contributed by atoms with Crippen molar-refractivity contribution in [2.75, 3.05) is 34.6 Å². The van der Waals surface area contributed by atoms with Crippen LogP contribution in [0.25, 0.3) is 11.3 Å². The first kappa shape index (κ1) is 16.5. The standard InChI is InChI=1S/C22H24NO4/c1-13-15-5-6-18(24-3)22(25-4)17(15)11-23(2)8-7-14-9-19-20(27-12-26-19)10-16(14)21(13)23/h5-6,9-10H,7-8,11-12H2,1-4H3/q+1. The van der Waals surface area contributed by atoms with Gasteiger partial charge in [0, 0.05) is 17.6 Å². The summed E-state index contributed by atoms with van der Waals surface area (Å²) < 4.78 is 23.4. The summed E-state index contributed by atoms with van der Waals surface area (Å²) in [6.07, 6.45) is 1.01. The maximum atomic E-state index is 5.74. The molecule has 27 heavy (non-hydrogen) atoms. The lowest BCUT2D eigenvalue weighted by Gasteiger charge is -2.44. The van der Waals surface area contributed by atoms with Gasteiger partial charge in [0.25, 0.3) is 0 Å². The number of fused-ring (bicyclic) bond motifs is 5. The molecular formula is C22H24NO4+. The van der Waals surface area contributed by atoms with Crippen LogP contribution in [0.3, 0.4) is 0 Å². The predicted molar refractivity (Wildman–Crippen MR) is 103 cm³/mol. The lowest BCUT2D eigenvalue weighted by atomic mass is 9.84. The molecule has 1 atom stereocenters. The molecule has 0 aliphatic carbocycles. The van der Waals surface area contributed by atoms with E-state index in [2.05, 4.69) is 32.2 Å². The molecule has 0 fully saturated rings. The maximum absolute atomic E-state index is 5.74. The molecular weight excluding hydrogens is 342 g/mol. The summed E-state index contributed by atoms with van der Waals surface area (Å²) >= 11 is 0. The molecule has 2 aromatic carbocycles. The van der Waals surface area contributed by atoms with E-state index in [1.54, 1.807) is 14.2 Å². The van der Waals surface area contributed by atoms with Crippen LogP contribution in [0.5, 0.6) is 23.0 Å². The summed E-state index contributed by atoms with van der Waals surface area (Å²) in [5.41, 5.74) is 7.75. The molecule has 3 aliphatic heterocycles. The Bertz CT molecular complexity index is 994. The molecule has 3 aliphatic rings. The highest BCUT2D eigenvalue weighted by molar-refractivity contribution is 5.91. The first-order valence-electron chi connectivity index (χ1n) is 9.29. The predicted octanol–water partition coefficient (Wildman–Crippen LogP) is 3.84. The van der Waals surface area contributed by atoms with Gasteiger partial charge in [-0.05, 0) is 36.2 Å². The normalized spacial score (nSPS) is 22.1. The second-order valence-electron chi connectivity index (χ2n) is 7.69. The number of hydrogen-bond acceptors (Lipinski definition) is 4. The molecule has 5 nitrogen and oxygen atoms in total. The average Bonchev–Trinajstić information content (AvgIpc) is 3.12. The smallest absolute Gasteiger partial charge is 0.231 e. The zero-order valence-electron chi connectivity index (χ0n) is 16.2. The number of likely N-dealkylation sites (N-methyl/N-ethyl adjacent to an activating group) is 1. The van der Waals surface area contributed by atoms with Gasteiger partial charge in [0.15, 0.2) is 23.0 Å². The second kappa shape index (κ2) is 5.67. The quantitative estimate of drug-likeness (QED) is 0.757. The van der Waals surface area contributed by atoms with Crippen molar-refractivity contribution in [2.24, 2.45) is 0 Å². The summed E-state index contributed by atoms with van der Waals surface area (Å²) in [5.74, 6) is 3.36. The van der Waals surface area contributed by atoms with Crippen LogP contribution < -0.4 is 18.9 Å². The fraction of sp³-hybridized carbons (Fsp3) is 0.364. The van der Waals surface area contributed by atoms with Crippen LogP contribution in [0.4, 0.5) is 0 Å². The van der Waals surface area contributed by atoms with Crippen molar-refractivity contribution in [3.05, 3.63) is 46.5 Å². The van der Waals surface area contributed by atoms with Crippen molar-refractivity contribution in [2.45, 2.75) is 19.9 Å². The lowest BCUT2D eigenvalue weighted by Crippen LogP contribution is -2.48. The van der Waals surface area contributed by atoms with E-state index < -0.39 is 0 Å². The van der Waals surface area contributed by atoms with E-state index in [1.807, 2.05) is 6.07 Å². The SMILES string of the molecule is COc1ccc2c(c1OC)C[N+]1(C)CCc3cc4c(cc3C1=C2C)OCO4. The first-order valence-corrected chi connectivity index (χ1v) is 9.29. The van der Waals surface area contributed by atoms with Gasteiger partial charge in [0.2, 0.25) is 6.79 Å². The number of ether oxygens (including phenoxy) is 4. The fourth-order valence-electron chi connectivity index (χ4n) is 4.92. The van der Waals surface area contributed by atoms with Gasteiger partial charge >= 0.3 is 0 Å². The van der Waals surface area contributed by atoms with Crippen LogP contribution in [0.2, 0.25) is 0 Å². The summed E-state index contributed by atoms with van der Waals surface area (Å²) in [5, 5.41) is 0. The minimum absolute atomic E-state index is 0.308. The lowest BCUT2D eigenvalue weighted by molar-refractivity contribution is -0.855. The Morgan fingerprint density at radius 1 is 1.00 bits per heavy atom.